The summed E-state index contributed by atoms with van der Waals surface area (Å²) in [6.45, 7) is 31.3. The fourth-order valence-electron chi connectivity index (χ4n) is 4.97. The summed E-state index contributed by atoms with van der Waals surface area (Å²) < 4.78 is 0. The summed E-state index contributed by atoms with van der Waals surface area (Å²) in [5.74, 6) is 0. The third-order valence-corrected chi connectivity index (χ3v) is 87.0. The molecule has 0 spiro atoms. The van der Waals surface area contributed by atoms with Crippen molar-refractivity contribution in [3.05, 3.63) is 0 Å². The van der Waals surface area contributed by atoms with Crippen LogP contribution in [-0.4, -0.2) is 37.5 Å². The molecule has 0 atom stereocenters. The number of hydrogen-bond acceptors (Lipinski definition) is 0. The zero-order chi connectivity index (χ0) is 15.2. The van der Waals surface area contributed by atoms with Crippen molar-refractivity contribution >= 4 is 37.5 Å². The molecule has 0 aromatic heterocycles. The monoisotopic (exact) mass is 334 g/mol. The van der Waals surface area contributed by atoms with Crippen LogP contribution >= 0.6 is 0 Å². The highest BCUT2D eigenvalue weighted by atomic mass is 29.9. The first-order chi connectivity index (χ1) is 7.46. The normalized spacial score (nSPS) is 16.0. The quantitative estimate of drug-likeness (QED) is 0.577. The first kappa shape index (κ1) is 19.1. The number of rotatable bonds is 5. The average Bonchev–Trinajstić information content (AvgIpc) is 1.90. The van der Waals surface area contributed by atoms with Crippen LogP contribution in [0.1, 0.15) is 0 Å². The Bertz CT molecular complexity index is 246. The average molecular weight is 335 g/mol. The molecule has 0 unspecified atom stereocenters. The zero-order valence-corrected chi connectivity index (χ0v) is 20.2. The fraction of sp³-hybridized carbons (Fsp3) is 1.00. The molecule has 18 heavy (non-hydrogen) atoms. The second kappa shape index (κ2) is 5.13. The lowest BCUT2D eigenvalue weighted by Gasteiger charge is -2.59. The van der Waals surface area contributed by atoms with E-state index in [0.29, 0.717) is 0 Å². The molecule has 5 heteroatoms. The van der Waals surface area contributed by atoms with Gasteiger partial charge in [0.1, 0.15) is 0 Å². The topological polar surface area (TPSA) is 0 Å². The van der Waals surface area contributed by atoms with Crippen molar-refractivity contribution in [3.8, 4) is 0 Å². The Hall–Kier alpha value is 1.08. The van der Waals surface area contributed by atoms with Gasteiger partial charge in [-0.2, -0.15) is 0 Å². The first-order valence-corrected chi connectivity index (χ1v) is 26.9. The molecular formula is C13H38Si5. The third-order valence-electron chi connectivity index (χ3n) is 4.64. The van der Waals surface area contributed by atoms with Crippen LogP contribution < -0.4 is 0 Å². The summed E-state index contributed by atoms with van der Waals surface area (Å²) in [6, 6.07) is 0. The molecule has 0 aliphatic heterocycles. The van der Waals surface area contributed by atoms with E-state index in [9.17, 15) is 0 Å². The Morgan fingerprint density at radius 2 is 0.667 bits per heavy atom. The molecule has 0 rings (SSSR count). The predicted molar refractivity (Wildman–Crippen MR) is 104 cm³/mol. The van der Waals surface area contributed by atoms with Crippen LogP contribution in [0.5, 0.6) is 0 Å². The summed E-state index contributed by atoms with van der Waals surface area (Å²) in [5.41, 5.74) is 1.72. The molecular weight excluding hydrogens is 297 g/mol. The van der Waals surface area contributed by atoms with Crippen molar-refractivity contribution in [2.24, 2.45) is 0 Å². The van der Waals surface area contributed by atoms with Gasteiger partial charge in [-0.05, 0) is 0 Å². The standard InChI is InChI=1S/C13H38Si5/c1-14(2,3)13-18(15(4,5)6,16(7,8)9)17(10,11)12/h13H2,1-12H3. The summed E-state index contributed by atoms with van der Waals surface area (Å²) in [4.78, 5) is 0. The van der Waals surface area contributed by atoms with E-state index in [2.05, 4.69) is 78.6 Å². The molecule has 0 amide bonds. The van der Waals surface area contributed by atoms with Gasteiger partial charge in [0.15, 0.2) is 0 Å². The van der Waals surface area contributed by atoms with Crippen molar-refractivity contribution in [2.75, 3.05) is 0 Å². The highest BCUT2D eigenvalue weighted by Gasteiger charge is 2.62. The zero-order valence-electron chi connectivity index (χ0n) is 15.2. The van der Waals surface area contributed by atoms with E-state index in [-0.39, 0.29) is 0 Å². The van der Waals surface area contributed by atoms with Crippen molar-refractivity contribution < 1.29 is 0 Å². The van der Waals surface area contributed by atoms with E-state index in [0.717, 1.165) is 0 Å². The van der Waals surface area contributed by atoms with Crippen LogP contribution in [-0.2, 0) is 0 Å². The van der Waals surface area contributed by atoms with Gasteiger partial charge in [-0.3, -0.25) is 0 Å². The maximum Gasteiger partial charge on any atom is 0.0410 e. The molecule has 0 radical (unpaired) electrons. The minimum absolute atomic E-state index is 0.956. The Morgan fingerprint density at radius 1 is 0.444 bits per heavy atom. The Morgan fingerprint density at radius 3 is 0.722 bits per heavy atom. The SMILES string of the molecule is C[Si](C)(C)C[Si]([Si](C)(C)C)([Si](C)(C)C)[Si](C)(C)C. The molecule has 0 aromatic carbocycles. The van der Waals surface area contributed by atoms with Crippen molar-refractivity contribution in [3.63, 3.8) is 0 Å². The molecule has 0 heterocycles. The molecule has 0 saturated carbocycles. The van der Waals surface area contributed by atoms with Gasteiger partial charge in [0, 0.05) is 37.5 Å². The van der Waals surface area contributed by atoms with Crippen LogP contribution in [0, 0.1) is 0 Å². The van der Waals surface area contributed by atoms with Gasteiger partial charge in [-0.15, -0.1) is 0 Å². The Kier molecular flexibility index (Phi) is 5.44. The van der Waals surface area contributed by atoms with Crippen LogP contribution in [0.3, 0.4) is 0 Å². The molecule has 0 aliphatic rings. The van der Waals surface area contributed by atoms with E-state index in [1.807, 2.05) is 0 Å². The smallest absolute Gasteiger partial charge is 0.0410 e. The molecule has 0 saturated heterocycles. The lowest BCUT2D eigenvalue weighted by Crippen LogP contribution is -2.84. The molecule has 0 bridgehead atoms. The Balaban J connectivity index is 6.10. The molecule has 0 nitrogen and oxygen atoms in total. The van der Waals surface area contributed by atoms with E-state index < -0.39 is 37.5 Å². The third kappa shape index (κ3) is 3.80. The van der Waals surface area contributed by atoms with Gasteiger partial charge in [-0.25, -0.2) is 0 Å². The molecule has 0 fully saturated rings. The van der Waals surface area contributed by atoms with E-state index in [1.165, 1.54) is 0 Å². The van der Waals surface area contributed by atoms with Gasteiger partial charge in [0.25, 0.3) is 0 Å². The van der Waals surface area contributed by atoms with E-state index >= 15 is 0 Å². The van der Waals surface area contributed by atoms with Crippen LogP contribution in [0.25, 0.3) is 0 Å². The minimum atomic E-state index is -1.06. The van der Waals surface area contributed by atoms with Gasteiger partial charge in [0.2, 0.25) is 0 Å². The second-order valence-corrected chi connectivity index (χ2v) is 57.9. The maximum atomic E-state index is 2.72. The minimum Gasteiger partial charge on any atom is -0.0719 e. The summed E-state index contributed by atoms with van der Waals surface area (Å²) in [6.07, 6.45) is 0. The summed E-state index contributed by atoms with van der Waals surface area (Å²) >= 11 is 0. The highest BCUT2D eigenvalue weighted by molar-refractivity contribution is 7.90. The molecule has 0 aromatic rings. The van der Waals surface area contributed by atoms with Crippen LogP contribution in [0.4, 0.5) is 0 Å². The van der Waals surface area contributed by atoms with Gasteiger partial charge >= 0.3 is 0 Å². The maximum absolute atomic E-state index is 2.72. The largest absolute Gasteiger partial charge is 0.0719 e. The lowest BCUT2D eigenvalue weighted by molar-refractivity contribution is 1.57. The predicted octanol–water partition coefficient (Wildman–Crippen LogP) is 5.56. The van der Waals surface area contributed by atoms with Gasteiger partial charge < -0.3 is 0 Å². The summed E-state index contributed by atoms with van der Waals surface area (Å²) in [5, 5.41) is 0. The van der Waals surface area contributed by atoms with E-state index in [4.69, 9.17) is 0 Å². The molecule has 110 valence electrons. The number of hydrogen-bond donors (Lipinski definition) is 0. The van der Waals surface area contributed by atoms with Crippen LogP contribution in [0.15, 0.2) is 0 Å². The summed E-state index contributed by atoms with van der Waals surface area (Å²) in [7, 11) is -4.02. The van der Waals surface area contributed by atoms with E-state index in [1.54, 1.807) is 5.67 Å². The molecule has 0 N–H and O–H groups in total. The lowest BCUT2D eigenvalue weighted by atomic mass is 11.7. The fourth-order valence-corrected chi connectivity index (χ4v) is 134. The van der Waals surface area contributed by atoms with Gasteiger partial charge in [0.05, 0.1) is 0 Å². The first-order valence-electron chi connectivity index (χ1n) is 7.46. The van der Waals surface area contributed by atoms with Gasteiger partial charge in [-0.1, -0.05) is 84.2 Å². The van der Waals surface area contributed by atoms with Crippen molar-refractivity contribution in [1.82, 2.24) is 0 Å². The van der Waals surface area contributed by atoms with Crippen LogP contribution in [0.2, 0.25) is 84.2 Å². The molecule has 0 aliphatic carbocycles. The van der Waals surface area contributed by atoms with Crippen molar-refractivity contribution in [2.45, 2.75) is 84.2 Å². The highest BCUT2D eigenvalue weighted by Crippen LogP contribution is 2.42. The van der Waals surface area contributed by atoms with Crippen molar-refractivity contribution in [1.29, 1.82) is 0 Å². The Labute approximate surface area is 121 Å². The second-order valence-electron chi connectivity index (χ2n) is 10.4.